The molecule has 0 radical (unpaired) electrons. The molecule has 9 heteroatoms. The lowest BCUT2D eigenvalue weighted by Gasteiger charge is -2.36. The number of carbonyl (C=O) groups excluding carboxylic acids is 1. The minimum atomic E-state index is -0.197. The van der Waals surface area contributed by atoms with Crippen LogP contribution in [0.1, 0.15) is 12.8 Å². The number of para-hydroxylation sites is 2. The number of hydrogen-bond acceptors (Lipinski definition) is 7. The third kappa shape index (κ3) is 5.62. The van der Waals surface area contributed by atoms with Crippen molar-refractivity contribution in [1.29, 1.82) is 0 Å². The fraction of sp³-hybridized carbons (Fsp3) is 0.370. The summed E-state index contributed by atoms with van der Waals surface area (Å²) in [6, 6.07) is 16.6. The second-order valence-corrected chi connectivity index (χ2v) is 8.49. The second kappa shape index (κ2) is 11.6. The Balaban J connectivity index is 1.33. The molecule has 0 saturated carbocycles. The highest BCUT2D eigenvalue weighted by atomic mass is 16.5. The van der Waals surface area contributed by atoms with E-state index in [4.69, 9.17) is 14.2 Å². The first-order valence-electron chi connectivity index (χ1n) is 12.0. The van der Waals surface area contributed by atoms with Gasteiger partial charge in [-0.2, -0.15) is 5.10 Å². The Hall–Kier alpha value is -4.01. The van der Waals surface area contributed by atoms with Crippen LogP contribution in [-0.2, 0) is 11.3 Å². The Kier molecular flexibility index (Phi) is 8.10. The molecule has 9 nitrogen and oxygen atoms in total. The molecule has 1 aromatic heterocycles. The lowest BCUT2D eigenvalue weighted by Crippen LogP contribution is -2.48. The summed E-state index contributed by atoms with van der Waals surface area (Å²) in [5.74, 6) is 2.15. The zero-order valence-electron chi connectivity index (χ0n) is 21.0. The number of carbonyl (C=O) groups is 1. The molecule has 1 saturated heterocycles. The molecule has 36 heavy (non-hydrogen) atoms. The van der Waals surface area contributed by atoms with Crippen LogP contribution < -0.4 is 24.7 Å². The van der Waals surface area contributed by atoms with E-state index in [-0.39, 0.29) is 11.5 Å². The number of benzene rings is 2. The van der Waals surface area contributed by atoms with Gasteiger partial charge in [-0.3, -0.25) is 9.59 Å². The highest BCUT2D eigenvalue weighted by molar-refractivity contribution is 5.76. The van der Waals surface area contributed by atoms with Gasteiger partial charge >= 0.3 is 0 Å². The maximum absolute atomic E-state index is 12.8. The topological polar surface area (TPSA) is 86.1 Å². The van der Waals surface area contributed by atoms with E-state index in [1.54, 1.807) is 33.5 Å². The molecule has 0 aliphatic carbocycles. The number of amides is 1. The Morgan fingerprint density at radius 2 is 1.58 bits per heavy atom. The monoisotopic (exact) mass is 492 g/mol. The molecule has 1 aliphatic heterocycles. The first-order valence-corrected chi connectivity index (χ1v) is 12.0. The van der Waals surface area contributed by atoms with Gasteiger partial charge in [0.25, 0.3) is 5.56 Å². The van der Waals surface area contributed by atoms with E-state index >= 15 is 0 Å². The molecule has 4 rings (SSSR count). The molecule has 0 bridgehead atoms. The van der Waals surface area contributed by atoms with Crippen LogP contribution >= 0.6 is 0 Å². The normalized spacial score (nSPS) is 13.4. The van der Waals surface area contributed by atoms with Crippen LogP contribution in [0.5, 0.6) is 17.2 Å². The van der Waals surface area contributed by atoms with Crippen LogP contribution in [0.3, 0.4) is 0 Å². The zero-order valence-corrected chi connectivity index (χ0v) is 21.0. The molecule has 2 heterocycles. The van der Waals surface area contributed by atoms with E-state index in [1.165, 1.54) is 10.7 Å². The second-order valence-electron chi connectivity index (χ2n) is 8.49. The highest BCUT2D eigenvalue weighted by Crippen LogP contribution is 2.31. The summed E-state index contributed by atoms with van der Waals surface area (Å²) in [6.45, 7) is 3.18. The summed E-state index contributed by atoms with van der Waals surface area (Å²) in [5, 5.41) is 4.51. The van der Waals surface area contributed by atoms with Crippen molar-refractivity contribution in [2.75, 3.05) is 52.4 Å². The number of ether oxygens (including phenoxy) is 3. The quantitative estimate of drug-likeness (QED) is 0.454. The fourth-order valence-electron chi connectivity index (χ4n) is 4.38. The van der Waals surface area contributed by atoms with Crippen LogP contribution in [0.4, 0.5) is 5.69 Å². The summed E-state index contributed by atoms with van der Waals surface area (Å²) >= 11 is 0. The molecule has 0 unspecified atom stereocenters. The van der Waals surface area contributed by atoms with Crippen molar-refractivity contribution in [2.24, 2.45) is 0 Å². The number of methoxy groups -OCH3 is 3. The van der Waals surface area contributed by atoms with E-state index in [9.17, 15) is 9.59 Å². The van der Waals surface area contributed by atoms with Crippen molar-refractivity contribution in [1.82, 2.24) is 14.7 Å². The number of rotatable bonds is 9. The summed E-state index contributed by atoms with van der Waals surface area (Å²) < 4.78 is 17.5. The Bertz CT molecular complexity index is 1250. The molecule has 190 valence electrons. The average molecular weight is 493 g/mol. The van der Waals surface area contributed by atoms with Crippen LogP contribution in [0.2, 0.25) is 0 Å². The smallest absolute Gasteiger partial charge is 0.266 e. The van der Waals surface area contributed by atoms with Gasteiger partial charge < -0.3 is 24.0 Å². The average Bonchev–Trinajstić information content (AvgIpc) is 2.93. The lowest BCUT2D eigenvalue weighted by molar-refractivity contribution is -0.131. The summed E-state index contributed by atoms with van der Waals surface area (Å²) in [4.78, 5) is 29.3. The van der Waals surface area contributed by atoms with Gasteiger partial charge in [-0.1, -0.05) is 12.1 Å². The zero-order chi connectivity index (χ0) is 25.5. The van der Waals surface area contributed by atoms with Crippen molar-refractivity contribution in [3.05, 3.63) is 65.0 Å². The number of nitrogens with zero attached hydrogens (tertiary/aromatic N) is 4. The number of anilines is 1. The SMILES string of the molecule is COc1ccc(-c2ccc(=O)n(CCCC(=O)N3CCN(c4ccccc4OC)CC3)n2)cc1OC. The molecule has 0 atom stereocenters. The molecule has 3 aromatic rings. The summed E-state index contributed by atoms with van der Waals surface area (Å²) in [6.07, 6.45) is 0.900. The first-order chi connectivity index (χ1) is 17.5. The predicted molar refractivity (Wildman–Crippen MR) is 138 cm³/mol. The van der Waals surface area contributed by atoms with Gasteiger partial charge in [-0.15, -0.1) is 0 Å². The van der Waals surface area contributed by atoms with Gasteiger partial charge in [-0.25, -0.2) is 4.68 Å². The number of aryl methyl sites for hydroxylation is 1. The molecule has 1 fully saturated rings. The minimum Gasteiger partial charge on any atom is -0.495 e. The first kappa shape index (κ1) is 25.1. The van der Waals surface area contributed by atoms with Crippen LogP contribution in [-0.4, -0.2) is 68.1 Å². The third-order valence-corrected chi connectivity index (χ3v) is 6.36. The van der Waals surface area contributed by atoms with E-state index in [1.807, 2.05) is 41.3 Å². The summed E-state index contributed by atoms with van der Waals surface area (Å²) in [5.41, 5.74) is 2.31. The van der Waals surface area contributed by atoms with Gasteiger partial charge in [0.15, 0.2) is 11.5 Å². The third-order valence-electron chi connectivity index (χ3n) is 6.36. The number of piperazine rings is 1. The Labute approximate surface area is 210 Å². The van der Waals surface area contributed by atoms with Crippen molar-refractivity contribution < 1.29 is 19.0 Å². The van der Waals surface area contributed by atoms with Crippen molar-refractivity contribution >= 4 is 11.6 Å². The molecule has 1 amide bonds. The van der Waals surface area contributed by atoms with Crippen LogP contribution in [0.15, 0.2) is 59.4 Å². The van der Waals surface area contributed by atoms with Crippen molar-refractivity contribution in [2.45, 2.75) is 19.4 Å². The van der Waals surface area contributed by atoms with Crippen LogP contribution in [0, 0.1) is 0 Å². The molecule has 2 aromatic carbocycles. The largest absolute Gasteiger partial charge is 0.495 e. The van der Waals surface area contributed by atoms with E-state index < -0.39 is 0 Å². The number of aromatic nitrogens is 2. The molecular weight excluding hydrogens is 460 g/mol. The van der Waals surface area contributed by atoms with E-state index in [2.05, 4.69) is 10.00 Å². The van der Waals surface area contributed by atoms with Crippen molar-refractivity contribution in [3.63, 3.8) is 0 Å². The van der Waals surface area contributed by atoms with Crippen LogP contribution in [0.25, 0.3) is 11.3 Å². The molecular formula is C27H32N4O5. The van der Waals surface area contributed by atoms with Gasteiger partial charge in [0.05, 0.1) is 32.7 Å². The fourth-order valence-corrected chi connectivity index (χ4v) is 4.38. The standard InChI is InChI=1S/C27H32N4O5/c1-34-23-8-5-4-7-22(23)29-15-17-30(18-16-29)26(32)9-6-14-31-27(33)13-11-21(28-31)20-10-12-24(35-2)25(19-20)36-3/h4-5,7-8,10-13,19H,6,9,14-18H2,1-3H3. The Morgan fingerprint density at radius 3 is 2.31 bits per heavy atom. The van der Waals surface area contributed by atoms with Gasteiger partial charge in [0.1, 0.15) is 5.75 Å². The van der Waals surface area contributed by atoms with Gasteiger partial charge in [0.2, 0.25) is 5.91 Å². The highest BCUT2D eigenvalue weighted by Gasteiger charge is 2.22. The lowest BCUT2D eigenvalue weighted by atomic mass is 10.1. The van der Waals surface area contributed by atoms with Gasteiger partial charge in [-0.05, 0) is 42.8 Å². The maximum atomic E-state index is 12.8. The number of hydrogen-bond donors (Lipinski definition) is 0. The van der Waals surface area contributed by atoms with E-state index in [0.717, 1.165) is 30.1 Å². The Morgan fingerprint density at radius 1 is 0.861 bits per heavy atom. The molecule has 0 N–H and O–H groups in total. The summed E-state index contributed by atoms with van der Waals surface area (Å²) in [7, 11) is 4.82. The minimum absolute atomic E-state index is 0.0961. The van der Waals surface area contributed by atoms with Gasteiger partial charge in [0, 0.05) is 50.8 Å². The van der Waals surface area contributed by atoms with Crippen molar-refractivity contribution in [3.8, 4) is 28.5 Å². The molecule has 0 spiro atoms. The predicted octanol–water partition coefficient (Wildman–Crippen LogP) is 3.07. The van der Waals surface area contributed by atoms with E-state index in [0.29, 0.717) is 49.7 Å². The molecule has 1 aliphatic rings. The maximum Gasteiger partial charge on any atom is 0.266 e.